The number of hydrogen-bond acceptors (Lipinski definition) is 7. The fourth-order valence-corrected chi connectivity index (χ4v) is 5.50. The van der Waals surface area contributed by atoms with Crippen LogP contribution in [0.25, 0.3) is 20.9 Å². The molecule has 3 rings (SSSR count). The molecule has 2 aromatic rings. The van der Waals surface area contributed by atoms with Crippen molar-refractivity contribution in [2.24, 2.45) is 16.3 Å². The zero-order chi connectivity index (χ0) is 29.4. The second-order valence-corrected chi connectivity index (χ2v) is 12.2. The first-order chi connectivity index (χ1) is 18.9. The van der Waals surface area contributed by atoms with Gasteiger partial charge in [0, 0.05) is 30.5 Å². The summed E-state index contributed by atoms with van der Waals surface area (Å²) >= 11 is 1.59. The number of rotatable bonds is 11. The smallest absolute Gasteiger partial charge is 0.243 e. The maximum atomic E-state index is 13.5. The molecule has 0 spiro atoms. The molecule has 216 valence electrons. The molecule has 11 nitrogen and oxygen atoms in total. The van der Waals surface area contributed by atoms with Crippen molar-refractivity contribution in [1.29, 1.82) is 0 Å². The molecule has 2 unspecified atom stereocenters. The SMILES string of the molecule is Cc1ncsc1-c1ccc([C@H](C)NC(=O)C2CC(NC(=O)CCCCN=[N+]=[N-])CN2C(=O)[C@@H](N)C(C)(C)C)cc1. The molecule has 1 aliphatic rings. The van der Waals surface area contributed by atoms with Gasteiger partial charge in [0.2, 0.25) is 17.7 Å². The van der Waals surface area contributed by atoms with Gasteiger partial charge < -0.3 is 21.3 Å². The number of benzene rings is 1. The van der Waals surface area contributed by atoms with Gasteiger partial charge in [0.1, 0.15) is 6.04 Å². The molecule has 40 heavy (non-hydrogen) atoms. The normalized spacial score (nSPS) is 18.5. The van der Waals surface area contributed by atoms with Crippen molar-refractivity contribution >= 4 is 29.1 Å². The molecule has 0 bridgehead atoms. The number of amides is 3. The number of nitrogens with two attached hydrogens (primary N) is 1. The lowest BCUT2D eigenvalue weighted by atomic mass is 9.86. The third-order valence-electron chi connectivity index (χ3n) is 7.20. The van der Waals surface area contributed by atoms with Crippen LogP contribution < -0.4 is 16.4 Å². The predicted octanol–water partition coefficient (Wildman–Crippen LogP) is 4.24. The zero-order valence-corrected chi connectivity index (χ0v) is 24.7. The molecule has 4 atom stereocenters. The number of nitrogens with one attached hydrogen (secondary N) is 2. The van der Waals surface area contributed by atoms with E-state index < -0.39 is 17.5 Å². The Labute approximate surface area is 239 Å². The predicted molar refractivity (Wildman–Crippen MR) is 156 cm³/mol. The van der Waals surface area contributed by atoms with Crippen LogP contribution in [-0.4, -0.2) is 58.8 Å². The lowest BCUT2D eigenvalue weighted by molar-refractivity contribution is -0.141. The Kier molecular flexibility index (Phi) is 10.7. The molecule has 4 N–H and O–H groups in total. The Morgan fingerprint density at radius 2 is 1.95 bits per heavy atom. The van der Waals surface area contributed by atoms with Gasteiger partial charge in [-0.3, -0.25) is 14.4 Å². The van der Waals surface area contributed by atoms with Gasteiger partial charge in [-0.25, -0.2) is 4.98 Å². The van der Waals surface area contributed by atoms with E-state index in [1.165, 1.54) is 4.90 Å². The van der Waals surface area contributed by atoms with Crippen molar-refractivity contribution in [3.8, 4) is 10.4 Å². The zero-order valence-electron chi connectivity index (χ0n) is 23.9. The first kappa shape index (κ1) is 31.1. The molecule has 1 fully saturated rings. The lowest BCUT2D eigenvalue weighted by Gasteiger charge is -2.33. The van der Waals surface area contributed by atoms with Crippen molar-refractivity contribution < 1.29 is 14.4 Å². The molecular formula is C28H40N8O3S. The first-order valence-corrected chi connectivity index (χ1v) is 14.5. The number of azide groups is 1. The number of aromatic nitrogens is 1. The summed E-state index contributed by atoms with van der Waals surface area (Å²) in [6.07, 6.45) is 1.77. The third kappa shape index (κ3) is 8.03. The number of carbonyl (C=O) groups excluding carboxylic acids is 3. The molecule has 1 saturated heterocycles. The van der Waals surface area contributed by atoms with Crippen molar-refractivity contribution in [1.82, 2.24) is 20.5 Å². The van der Waals surface area contributed by atoms with Crippen LogP contribution in [0.3, 0.4) is 0 Å². The van der Waals surface area contributed by atoms with Crippen LogP contribution >= 0.6 is 11.3 Å². The standard InChI is InChI=1S/C28H40N8O3S/c1-17(19-9-11-20(12-10-19)24-18(2)31-16-40-24)33-26(38)22-14-21(34-23(37)8-6-7-13-32-35-30)15-36(22)27(39)25(29)28(3,4)5/h9-12,16-17,21-22,25H,6-8,13-15,29H2,1-5H3,(H,33,38)(H,34,37)/t17-,21?,22?,25+/m0/s1. The van der Waals surface area contributed by atoms with Gasteiger partial charge in [-0.1, -0.05) is 50.2 Å². The number of hydrogen-bond donors (Lipinski definition) is 3. The van der Waals surface area contributed by atoms with Gasteiger partial charge in [-0.05, 0) is 55.2 Å². The van der Waals surface area contributed by atoms with Crippen molar-refractivity contribution in [3.05, 3.63) is 51.5 Å². The summed E-state index contributed by atoms with van der Waals surface area (Å²) in [5.41, 5.74) is 19.0. The van der Waals surface area contributed by atoms with E-state index in [0.29, 0.717) is 25.8 Å². The van der Waals surface area contributed by atoms with Crippen LogP contribution in [-0.2, 0) is 14.4 Å². The number of aryl methyl sites for hydroxylation is 1. The molecule has 1 aromatic carbocycles. The number of unbranched alkanes of at least 4 members (excludes halogenated alkanes) is 1. The molecule has 3 amide bonds. The van der Waals surface area contributed by atoms with E-state index in [-0.39, 0.29) is 42.8 Å². The monoisotopic (exact) mass is 568 g/mol. The van der Waals surface area contributed by atoms with Crippen LogP contribution in [0.5, 0.6) is 0 Å². The minimum absolute atomic E-state index is 0.163. The topological polar surface area (TPSA) is 166 Å². The largest absolute Gasteiger partial charge is 0.351 e. The number of thiazole rings is 1. The lowest BCUT2D eigenvalue weighted by Crippen LogP contribution is -2.55. The van der Waals surface area contributed by atoms with Crippen molar-refractivity contribution in [2.45, 2.75) is 84.5 Å². The number of carbonyl (C=O) groups is 3. The van der Waals surface area contributed by atoms with Gasteiger partial charge in [0.15, 0.2) is 0 Å². The Bertz CT molecular complexity index is 1230. The molecule has 12 heteroatoms. The molecule has 1 aromatic heterocycles. The van der Waals surface area contributed by atoms with E-state index in [9.17, 15) is 14.4 Å². The van der Waals surface area contributed by atoms with Crippen LogP contribution in [0, 0.1) is 12.3 Å². The van der Waals surface area contributed by atoms with E-state index in [4.69, 9.17) is 11.3 Å². The Balaban J connectivity index is 1.68. The summed E-state index contributed by atoms with van der Waals surface area (Å²) in [5, 5.41) is 9.50. The molecule has 1 aliphatic heterocycles. The Morgan fingerprint density at radius 3 is 2.55 bits per heavy atom. The summed E-state index contributed by atoms with van der Waals surface area (Å²) in [5.74, 6) is -0.754. The number of likely N-dealkylation sites (tertiary alicyclic amines) is 1. The maximum absolute atomic E-state index is 13.5. The fraction of sp³-hybridized carbons (Fsp3) is 0.571. The average Bonchev–Trinajstić information content (AvgIpc) is 3.53. The second kappa shape index (κ2) is 13.7. The summed E-state index contributed by atoms with van der Waals surface area (Å²) < 4.78 is 0. The van der Waals surface area contributed by atoms with E-state index in [0.717, 1.165) is 21.7 Å². The third-order valence-corrected chi connectivity index (χ3v) is 8.18. The van der Waals surface area contributed by atoms with Crippen LogP contribution in [0.15, 0.2) is 34.9 Å². The maximum Gasteiger partial charge on any atom is 0.243 e. The highest BCUT2D eigenvalue weighted by Crippen LogP contribution is 2.29. The summed E-state index contributed by atoms with van der Waals surface area (Å²) in [6.45, 7) is 10.1. The van der Waals surface area contributed by atoms with Crippen LogP contribution in [0.1, 0.15) is 70.7 Å². The molecule has 0 saturated carbocycles. The van der Waals surface area contributed by atoms with Crippen molar-refractivity contribution in [3.63, 3.8) is 0 Å². The van der Waals surface area contributed by atoms with Gasteiger partial charge in [0.05, 0.1) is 28.2 Å². The van der Waals surface area contributed by atoms with E-state index in [1.54, 1.807) is 11.3 Å². The first-order valence-electron chi connectivity index (χ1n) is 13.6. The molecule has 2 heterocycles. The van der Waals surface area contributed by atoms with Gasteiger partial charge in [-0.2, -0.15) is 0 Å². The minimum Gasteiger partial charge on any atom is -0.351 e. The molecular weight excluding hydrogens is 528 g/mol. The highest BCUT2D eigenvalue weighted by molar-refractivity contribution is 7.13. The number of nitrogens with zero attached hydrogens (tertiary/aromatic N) is 5. The molecule has 0 radical (unpaired) electrons. The van der Waals surface area contributed by atoms with E-state index >= 15 is 0 Å². The summed E-state index contributed by atoms with van der Waals surface area (Å²) in [4.78, 5) is 49.1. The van der Waals surface area contributed by atoms with Crippen LogP contribution in [0.2, 0.25) is 0 Å². The second-order valence-electron chi connectivity index (χ2n) is 11.4. The highest BCUT2D eigenvalue weighted by atomic mass is 32.1. The average molecular weight is 569 g/mol. The molecule has 0 aliphatic carbocycles. The van der Waals surface area contributed by atoms with Crippen LogP contribution in [0.4, 0.5) is 0 Å². The Morgan fingerprint density at radius 1 is 1.25 bits per heavy atom. The summed E-state index contributed by atoms with van der Waals surface area (Å²) in [7, 11) is 0. The van der Waals surface area contributed by atoms with Gasteiger partial charge in [0.25, 0.3) is 0 Å². The summed E-state index contributed by atoms with van der Waals surface area (Å²) in [6, 6.07) is 5.80. The van der Waals surface area contributed by atoms with E-state index in [1.807, 2.05) is 64.4 Å². The van der Waals surface area contributed by atoms with Gasteiger partial charge in [-0.15, -0.1) is 11.3 Å². The quantitative estimate of drug-likeness (QED) is 0.159. The Hall–Kier alpha value is -3.47. The van der Waals surface area contributed by atoms with Gasteiger partial charge >= 0.3 is 0 Å². The highest BCUT2D eigenvalue weighted by Gasteiger charge is 2.43. The van der Waals surface area contributed by atoms with E-state index in [2.05, 4.69) is 25.6 Å². The fourth-order valence-electron chi connectivity index (χ4n) is 4.69. The minimum atomic E-state index is -0.793. The van der Waals surface area contributed by atoms with Crippen molar-refractivity contribution in [2.75, 3.05) is 13.1 Å².